The molecule has 0 aliphatic rings. The number of hydrogen-bond acceptors (Lipinski definition) is 9. The molecule has 13 nitrogen and oxygen atoms in total. The fourth-order valence-corrected chi connectivity index (χ4v) is 6.16. The van der Waals surface area contributed by atoms with Gasteiger partial charge in [-0.1, -0.05) is 41.4 Å². The molecule has 1 amide bonds. The molecule has 17 heteroatoms. The minimum Gasteiger partial charge on any atom is -0.756 e. The van der Waals surface area contributed by atoms with Crippen molar-refractivity contribution in [3.63, 3.8) is 0 Å². The van der Waals surface area contributed by atoms with Crippen LogP contribution in [0, 0.1) is 5.82 Å². The number of aliphatic hydroxyl groups excluding tert-OH is 1. The van der Waals surface area contributed by atoms with Crippen molar-refractivity contribution in [1.82, 2.24) is 9.88 Å². The Balaban J connectivity index is 1.36. The number of anilines is 1. The molecule has 2 unspecified atom stereocenters. The maximum atomic E-state index is 13.5. The van der Waals surface area contributed by atoms with Crippen molar-refractivity contribution in [3.8, 4) is 11.5 Å². The number of pyridine rings is 1. The number of aliphatic hydroxyl groups is 1. The van der Waals surface area contributed by atoms with E-state index in [0.717, 1.165) is 5.56 Å². The van der Waals surface area contributed by atoms with Gasteiger partial charge in [-0.05, 0) is 74.4 Å². The fourth-order valence-electron chi connectivity index (χ4n) is 5.38. The van der Waals surface area contributed by atoms with Crippen LogP contribution in [0.15, 0.2) is 79.3 Å². The summed E-state index contributed by atoms with van der Waals surface area (Å²) in [6, 6.07) is 15.0. The van der Waals surface area contributed by atoms with Gasteiger partial charge in [-0.3, -0.25) is 18.7 Å². The molecule has 2 atom stereocenters. The number of phosphoric ester groups is 1. The van der Waals surface area contributed by atoms with Crippen molar-refractivity contribution in [2.75, 3.05) is 18.7 Å². The molecule has 2 heterocycles. The molecule has 5 N–H and O–H groups in total. The van der Waals surface area contributed by atoms with Gasteiger partial charge in [0.1, 0.15) is 27.4 Å². The minimum absolute atomic E-state index is 0.00236. The highest BCUT2D eigenvalue weighted by Gasteiger charge is 2.26. The molecule has 5 rings (SSSR count). The molecule has 0 fully saturated rings. The van der Waals surface area contributed by atoms with Gasteiger partial charge in [0.15, 0.2) is 25.7 Å². The van der Waals surface area contributed by atoms with E-state index in [2.05, 4.69) is 15.2 Å². The van der Waals surface area contributed by atoms with Gasteiger partial charge in [0.25, 0.3) is 19.5 Å². The zero-order valence-electron chi connectivity index (χ0n) is 28.7. The Morgan fingerprint density at radius 1 is 1.06 bits per heavy atom. The van der Waals surface area contributed by atoms with E-state index in [-0.39, 0.29) is 58.0 Å². The number of aromatic nitrogens is 2. The van der Waals surface area contributed by atoms with Crippen LogP contribution in [0.1, 0.15) is 53.9 Å². The van der Waals surface area contributed by atoms with Gasteiger partial charge in [0.2, 0.25) is 0 Å². The first-order valence-electron chi connectivity index (χ1n) is 16.0. The molecule has 0 saturated heterocycles. The number of β-amino-alcohol motifs (C(OH)–C–C–N with tert-alkyl or cyclic N) is 1. The number of carbonyl (C=O) groups is 2. The first-order chi connectivity index (χ1) is 24.9. The summed E-state index contributed by atoms with van der Waals surface area (Å²) in [6.07, 6.45) is 3.38. The van der Waals surface area contributed by atoms with Crippen LogP contribution in [0.25, 0.3) is 10.9 Å². The summed E-state index contributed by atoms with van der Waals surface area (Å²) in [5, 5.41) is 26.8. The number of amides is 1. The Hall–Kier alpha value is -4.37. The summed E-state index contributed by atoms with van der Waals surface area (Å²) >= 11 is 13.1. The van der Waals surface area contributed by atoms with Crippen LogP contribution < -0.4 is 24.8 Å². The Morgan fingerprint density at radius 2 is 1.74 bits per heavy atom. The smallest absolute Gasteiger partial charge is 0.296 e. The average molecular weight is 790 g/mol. The number of phosphoric acid groups is 1. The monoisotopic (exact) mass is 788 g/mol. The molecule has 0 aliphatic carbocycles. The maximum absolute atomic E-state index is 13.5. The molecule has 0 aliphatic heterocycles. The summed E-state index contributed by atoms with van der Waals surface area (Å²) in [6.45, 7) is 5.49. The van der Waals surface area contributed by atoms with Crippen molar-refractivity contribution in [2.45, 2.75) is 45.5 Å². The number of phenols is 1. The SMILES string of the molecule is CC(C)(C)NCC(O)c1ccc(C[n+]2cc(Cl)c(NC(=O)C(=O)c3cn(Cc4ccc(F)cc4)c4ccc(O)cc34)c(Cl)c2)c(OCOP(=O)([O-])O)c1. The highest BCUT2D eigenvalue weighted by atomic mass is 35.5. The Kier molecular flexibility index (Phi) is 12.3. The number of nitrogens with zero attached hydrogens (tertiary/aromatic N) is 2. The summed E-state index contributed by atoms with van der Waals surface area (Å²) in [7, 11) is -5.09. The quantitative estimate of drug-likeness (QED) is 0.0328. The molecule has 3 aromatic carbocycles. The molecule has 0 spiro atoms. The second kappa shape index (κ2) is 16.3. The molecule has 53 heavy (non-hydrogen) atoms. The van der Waals surface area contributed by atoms with Gasteiger partial charge >= 0.3 is 0 Å². The van der Waals surface area contributed by atoms with E-state index >= 15 is 0 Å². The third kappa shape index (κ3) is 10.6. The number of hydrogen-bond donors (Lipinski definition) is 5. The number of nitrogens with one attached hydrogen (secondary N) is 2. The molecule has 2 aromatic heterocycles. The minimum atomic E-state index is -5.09. The maximum Gasteiger partial charge on any atom is 0.296 e. The lowest BCUT2D eigenvalue weighted by atomic mass is 10.0. The van der Waals surface area contributed by atoms with Crippen molar-refractivity contribution in [3.05, 3.63) is 117 Å². The number of phenolic OH excluding ortho intramolecular Hbond substituents is 1. The van der Waals surface area contributed by atoms with Crippen LogP contribution in [-0.4, -0.2) is 50.2 Å². The van der Waals surface area contributed by atoms with Crippen LogP contribution >= 0.6 is 31.0 Å². The second-order valence-electron chi connectivity index (χ2n) is 13.2. The largest absolute Gasteiger partial charge is 0.756 e. The van der Waals surface area contributed by atoms with Crippen molar-refractivity contribution >= 4 is 59.3 Å². The van der Waals surface area contributed by atoms with Gasteiger partial charge in [0, 0.05) is 35.7 Å². The molecule has 0 radical (unpaired) electrons. The molecule has 0 saturated carbocycles. The molecule has 5 aromatic rings. The van der Waals surface area contributed by atoms with E-state index in [1.54, 1.807) is 39.5 Å². The lowest BCUT2D eigenvalue weighted by Gasteiger charge is -2.23. The molecular weight excluding hydrogens is 753 g/mol. The Bertz CT molecular complexity index is 2180. The van der Waals surface area contributed by atoms with Gasteiger partial charge in [-0.15, -0.1) is 0 Å². The zero-order valence-corrected chi connectivity index (χ0v) is 31.1. The first kappa shape index (κ1) is 39.8. The number of carbonyl (C=O) groups excluding carboxylic acids is 2. The van der Waals surface area contributed by atoms with Crippen molar-refractivity contribution < 1.29 is 52.4 Å². The summed E-state index contributed by atoms with van der Waals surface area (Å²) in [4.78, 5) is 47.0. The molecule has 280 valence electrons. The van der Waals surface area contributed by atoms with Gasteiger partial charge < -0.3 is 39.9 Å². The third-order valence-electron chi connectivity index (χ3n) is 7.94. The van der Waals surface area contributed by atoms with E-state index < -0.39 is 38.2 Å². The predicted octanol–water partition coefficient (Wildman–Crippen LogP) is 5.23. The number of fused-ring (bicyclic) bond motifs is 1. The van der Waals surface area contributed by atoms with E-state index in [4.69, 9.17) is 32.8 Å². The van der Waals surface area contributed by atoms with Crippen LogP contribution in [-0.2, 0) is 27.0 Å². The summed E-state index contributed by atoms with van der Waals surface area (Å²) in [5.41, 5.74) is 1.90. The lowest BCUT2D eigenvalue weighted by Crippen LogP contribution is -2.38. The highest BCUT2D eigenvalue weighted by molar-refractivity contribution is 7.44. The fraction of sp³-hybridized carbons (Fsp3) is 0.250. The van der Waals surface area contributed by atoms with Gasteiger partial charge in [-0.25, -0.2) is 4.39 Å². The van der Waals surface area contributed by atoms with Crippen LogP contribution in [0.4, 0.5) is 10.1 Å². The third-order valence-corrected chi connectivity index (χ3v) is 8.95. The zero-order chi connectivity index (χ0) is 38.7. The van der Waals surface area contributed by atoms with E-state index in [1.807, 2.05) is 20.8 Å². The Morgan fingerprint density at radius 3 is 2.38 bits per heavy atom. The number of ketones is 1. The number of rotatable bonds is 14. The van der Waals surface area contributed by atoms with E-state index in [1.165, 1.54) is 48.9 Å². The number of halogens is 3. The lowest BCUT2D eigenvalue weighted by molar-refractivity contribution is -0.688. The number of aromatic hydroxyl groups is 1. The Labute approximate surface area is 313 Å². The topological polar surface area (TPSA) is 186 Å². The summed E-state index contributed by atoms with van der Waals surface area (Å²) < 4.78 is 37.7. The standard InChI is InChI=1S/C36H36Cl2FN4O9P/c1-36(2,3)40-14-31(45)22-6-7-23(32(12-22)51-20-52-53(48,49)50)16-42-18-28(37)33(29(38)19-42)41-35(47)34(46)27-17-43(15-21-4-8-24(39)9-5-21)30-11-10-25(44)13-26(27)30/h4-13,17-19,31,40,45H,14-16,20H2,1-3H3,(H3,44,48,49,50). The van der Waals surface area contributed by atoms with E-state index in [9.17, 15) is 33.7 Å². The number of ether oxygens (including phenoxy) is 1. The van der Waals surface area contributed by atoms with Gasteiger partial charge in [-0.2, -0.15) is 4.57 Å². The molecular formula is C36H36Cl2FN4O9P. The number of benzene rings is 3. The van der Waals surface area contributed by atoms with Crippen LogP contribution in [0.3, 0.4) is 0 Å². The molecule has 0 bridgehead atoms. The highest BCUT2D eigenvalue weighted by Crippen LogP contribution is 2.33. The summed E-state index contributed by atoms with van der Waals surface area (Å²) in [5.74, 6) is -2.38. The second-order valence-corrected chi connectivity index (χ2v) is 15.2. The van der Waals surface area contributed by atoms with Crippen LogP contribution in [0.5, 0.6) is 11.5 Å². The van der Waals surface area contributed by atoms with E-state index in [0.29, 0.717) is 22.0 Å². The predicted molar refractivity (Wildman–Crippen MR) is 193 cm³/mol. The normalized spacial score (nSPS) is 13.5. The average Bonchev–Trinajstić information content (AvgIpc) is 3.42. The van der Waals surface area contributed by atoms with Crippen molar-refractivity contribution in [2.24, 2.45) is 0 Å². The first-order valence-corrected chi connectivity index (χ1v) is 18.3. The van der Waals surface area contributed by atoms with Crippen molar-refractivity contribution in [1.29, 1.82) is 0 Å². The van der Waals surface area contributed by atoms with Gasteiger partial charge in [0.05, 0.1) is 22.9 Å². The number of Topliss-reactive ketones (excluding diaryl/α,β-unsaturated/α-hetero) is 1. The van der Waals surface area contributed by atoms with Crippen LogP contribution in [0.2, 0.25) is 10.0 Å².